The van der Waals surface area contributed by atoms with Crippen LogP contribution in [0.25, 0.3) is 0 Å². The molecule has 0 bridgehead atoms. The molecule has 5 nitrogen and oxygen atoms in total. The van der Waals surface area contributed by atoms with Gasteiger partial charge < -0.3 is 14.2 Å². The molecule has 0 fully saturated rings. The number of nitrogens with one attached hydrogen (secondary N) is 1. The Kier molecular flexibility index (Phi) is 4.63. The van der Waals surface area contributed by atoms with Gasteiger partial charge in [-0.2, -0.15) is 0 Å². The van der Waals surface area contributed by atoms with Crippen LogP contribution in [0.5, 0.6) is 11.5 Å². The number of methoxy groups -OCH3 is 2. The molecule has 0 atom stereocenters. The van der Waals surface area contributed by atoms with Gasteiger partial charge in [0.15, 0.2) is 0 Å². The van der Waals surface area contributed by atoms with Crippen LogP contribution in [0.3, 0.4) is 0 Å². The molecule has 0 spiro atoms. The van der Waals surface area contributed by atoms with Crippen molar-refractivity contribution in [3.63, 3.8) is 0 Å². The molecule has 0 heterocycles. The Morgan fingerprint density at radius 1 is 1.24 bits per heavy atom. The minimum absolute atomic E-state index is 0.325. The lowest BCUT2D eigenvalue weighted by Crippen LogP contribution is -2.13. The van der Waals surface area contributed by atoms with E-state index in [2.05, 4.69) is 5.32 Å². The number of amides is 1. The fourth-order valence-electron chi connectivity index (χ4n) is 1.44. The number of hydrogen-bond donors (Lipinski definition) is 1. The average molecular weight is 239 g/mol. The van der Waals surface area contributed by atoms with Crippen LogP contribution in [0.15, 0.2) is 12.1 Å². The van der Waals surface area contributed by atoms with Crippen molar-refractivity contribution < 1.29 is 19.0 Å². The Morgan fingerprint density at radius 3 is 2.18 bits per heavy atom. The maximum Gasteiger partial charge on any atom is 0.411 e. The van der Waals surface area contributed by atoms with Gasteiger partial charge in [-0.25, -0.2) is 4.79 Å². The summed E-state index contributed by atoms with van der Waals surface area (Å²) < 4.78 is 15.2. The van der Waals surface area contributed by atoms with Gasteiger partial charge in [0.25, 0.3) is 0 Å². The van der Waals surface area contributed by atoms with E-state index in [1.165, 1.54) is 0 Å². The molecular formula is C12H17NO4. The van der Waals surface area contributed by atoms with Crippen LogP contribution in [0.2, 0.25) is 0 Å². The van der Waals surface area contributed by atoms with Crippen molar-refractivity contribution in [3.8, 4) is 11.5 Å². The zero-order valence-corrected chi connectivity index (χ0v) is 10.5. The van der Waals surface area contributed by atoms with E-state index >= 15 is 0 Å². The molecule has 94 valence electrons. The minimum atomic E-state index is -0.500. The minimum Gasteiger partial charge on any atom is -0.496 e. The number of rotatable bonds is 4. The van der Waals surface area contributed by atoms with Gasteiger partial charge in [0.05, 0.1) is 26.5 Å². The van der Waals surface area contributed by atoms with E-state index in [0.29, 0.717) is 23.8 Å². The van der Waals surface area contributed by atoms with Crippen LogP contribution in [0.4, 0.5) is 10.5 Å². The van der Waals surface area contributed by atoms with Crippen molar-refractivity contribution in [1.29, 1.82) is 0 Å². The second-order valence-electron chi connectivity index (χ2n) is 3.35. The van der Waals surface area contributed by atoms with E-state index in [-0.39, 0.29) is 0 Å². The van der Waals surface area contributed by atoms with Crippen molar-refractivity contribution in [2.45, 2.75) is 13.8 Å². The van der Waals surface area contributed by atoms with Gasteiger partial charge in [-0.1, -0.05) is 0 Å². The van der Waals surface area contributed by atoms with Crippen molar-refractivity contribution in [2.24, 2.45) is 0 Å². The largest absolute Gasteiger partial charge is 0.496 e. The molecule has 1 amide bonds. The third kappa shape index (κ3) is 3.27. The first-order valence-corrected chi connectivity index (χ1v) is 5.28. The SMILES string of the molecule is CCOC(=O)Nc1cc(OC)c(C)c(OC)c1. The van der Waals surface area contributed by atoms with Crippen molar-refractivity contribution >= 4 is 11.8 Å². The Bertz CT molecular complexity index is 378. The van der Waals surface area contributed by atoms with Crippen LogP contribution in [-0.2, 0) is 4.74 Å². The van der Waals surface area contributed by atoms with Gasteiger partial charge in [-0.05, 0) is 13.8 Å². The molecule has 0 radical (unpaired) electrons. The van der Waals surface area contributed by atoms with E-state index in [1.54, 1.807) is 33.3 Å². The maximum absolute atomic E-state index is 11.3. The van der Waals surface area contributed by atoms with E-state index in [0.717, 1.165) is 5.56 Å². The molecule has 0 saturated heterocycles. The Hall–Kier alpha value is -1.91. The standard InChI is InChI=1S/C12H17NO4/c1-5-17-12(14)13-9-6-10(15-3)8(2)11(7-9)16-4/h6-7H,5H2,1-4H3,(H,13,14). The second-order valence-corrected chi connectivity index (χ2v) is 3.35. The van der Waals surface area contributed by atoms with E-state index in [1.807, 2.05) is 6.92 Å². The molecule has 0 aliphatic carbocycles. The molecule has 0 unspecified atom stereocenters. The zero-order valence-electron chi connectivity index (χ0n) is 10.5. The average Bonchev–Trinajstić information content (AvgIpc) is 2.31. The number of ether oxygens (including phenoxy) is 3. The van der Waals surface area contributed by atoms with Crippen LogP contribution in [0.1, 0.15) is 12.5 Å². The third-order valence-corrected chi connectivity index (χ3v) is 2.27. The summed E-state index contributed by atoms with van der Waals surface area (Å²) in [6.45, 7) is 3.95. The fourth-order valence-corrected chi connectivity index (χ4v) is 1.44. The van der Waals surface area contributed by atoms with E-state index < -0.39 is 6.09 Å². The molecule has 1 rings (SSSR count). The molecule has 0 aliphatic rings. The van der Waals surface area contributed by atoms with E-state index in [9.17, 15) is 4.79 Å². The molecule has 5 heteroatoms. The van der Waals surface area contributed by atoms with Crippen LogP contribution < -0.4 is 14.8 Å². The first kappa shape index (κ1) is 13.2. The summed E-state index contributed by atoms with van der Waals surface area (Å²) in [6.07, 6.45) is -0.500. The highest BCUT2D eigenvalue weighted by Gasteiger charge is 2.10. The lowest BCUT2D eigenvalue weighted by Gasteiger charge is -2.13. The first-order valence-electron chi connectivity index (χ1n) is 5.28. The number of carbonyl (C=O) groups is 1. The van der Waals surface area contributed by atoms with Gasteiger partial charge in [0.2, 0.25) is 0 Å². The summed E-state index contributed by atoms with van der Waals surface area (Å²) in [5.74, 6) is 1.30. The molecular weight excluding hydrogens is 222 g/mol. The predicted octanol–water partition coefficient (Wildman–Crippen LogP) is 2.58. The lowest BCUT2D eigenvalue weighted by molar-refractivity contribution is 0.168. The summed E-state index contributed by atoms with van der Waals surface area (Å²) in [4.78, 5) is 11.3. The number of carbonyl (C=O) groups excluding carboxylic acids is 1. The van der Waals surface area contributed by atoms with Gasteiger partial charge in [-0.3, -0.25) is 5.32 Å². The summed E-state index contributed by atoms with van der Waals surface area (Å²) in [7, 11) is 3.13. The van der Waals surface area contributed by atoms with E-state index in [4.69, 9.17) is 14.2 Å². The quantitative estimate of drug-likeness (QED) is 0.877. The fraction of sp³-hybridized carbons (Fsp3) is 0.417. The monoisotopic (exact) mass is 239 g/mol. The first-order chi connectivity index (χ1) is 8.12. The molecule has 1 N–H and O–H groups in total. The van der Waals surface area contributed by atoms with Gasteiger partial charge in [-0.15, -0.1) is 0 Å². The summed E-state index contributed by atoms with van der Waals surface area (Å²) in [6, 6.07) is 3.43. The van der Waals surface area contributed by atoms with Gasteiger partial charge >= 0.3 is 6.09 Å². The van der Waals surface area contributed by atoms with Crippen LogP contribution in [0, 0.1) is 6.92 Å². The molecule has 0 aliphatic heterocycles. The molecule has 17 heavy (non-hydrogen) atoms. The normalized spacial score (nSPS) is 9.65. The Morgan fingerprint density at radius 2 is 1.76 bits per heavy atom. The maximum atomic E-state index is 11.3. The zero-order chi connectivity index (χ0) is 12.8. The topological polar surface area (TPSA) is 56.8 Å². The molecule has 1 aromatic carbocycles. The van der Waals surface area contributed by atoms with Crippen molar-refractivity contribution in [3.05, 3.63) is 17.7 Å². The van der Waals surface area contributed by atoms with Gasteiger partial charge in [0, 0.05) is 17.7 Å². The highest BCUT2D eigenvalue weighted by atomic mass is 16.5. The molecule has 0 aromatic heterocycles. The predicted molar refractivity (Wildman–Crippen MR) is 64.9 cm³/mol. The Labute approximate surface area is 101 Å². The smallest absolute Gasteiger partial charge is 0.411 e. The highest BCUT2D eigenvalue weighted by Crippen LogP contribution is 2.31. The number of anilines is 1. The van der Waals surface area contributed by atoms with Crippen molar-refractivity contribution in [1.82, 2.24) is 0 Å². The summed E-state index contributed by atoms with van der Waals surface area (Å²) in [5.41, 5.74) is 1.45. The van der Waals surface area contributed by atoms with Crippen molar-refractivity contribution in [2.75, 3.05) is 26.1 Å². The second kappa shape index (κ2) is 5.98. The molecule has 0 saturated carbocycles. The number of benzene rings is 1. The summed E-state index contributed by atoms with van der Waals surface area (Å²) >= 11 is 0. The molecule has 1 aromatic rings. The van der Waals surface area contributed by atoms with Gasteiger partial charge in [0.1, 0.15) is 11.5 Å². The highest BCUT2D eigenvalue weighted by molar-refractivity contribution is 5.85. The third-order valence-electron chi connectivity index (χ3n) is 2.27. The van der Waals surface area contributed by atoms with Crippen LogP contribution in [-0.4, -0.2) is 26.9 Å². The number of hydrogen-bond acceptors (Lipinski definition) is 4. The lowest BCUT2D eigenvalue weighted by atomic mass is 10.2. The Balaban J connectivity index is 2.96. The summed E-state index contributed by atoms with van der Waals surface area (Å²) in [5, 5.41) is 2.60. The van der Waals surface area contributed by atoms with Crippen LogP contribution >= 0.6 is 0 Å².